The van der Waals surface area contributed by atoms with Crippen molar-refractivity contribution < 1.29 is 29.0 Å². The Bertz CT molecular complexity index is 1070. The molecule has 1 aromatic heterocycles. The molecule has 34 heavy (non-hydrogen) atoms. The van der Waals surface area contributed by atoms with Gasteiger partial charge in [-0.1, -0.05) is 40.9 Å². The van der Waals surface area contributed by atoms with Gasteiger partial charge in [0.1, 0.15) is 18.7 Å². The molecule has 0 aliphatic carbocycles. The van der Waals surface area contributed by atoms with Crippen LogP contribution in [0.15, 0.2) is 30.3 Å². The number of aromatic nitrogens is 1. The van der Waals surface area contributed by atoms with Crippen LogP contribution < -0.4 is 10.1 Å². The second-order valence-electron chi connectivity index (χ2n) is 7.14. The molecule has 0 radical (unpaired) electrons. The van der Waals surface area contributed by atoms with Crippen molar-refractivity contribution in [3.63, 3.8) is 0 Å². The van der Waals surface area contributed by atoms with Crippen LogP contribution in [0.3, 0.4) is 0 Å². The fraction of sp³-hybridized carbons (Fsp3) is 0.333. The van der Waals surface area contributed by atoms with Crippen LogP contribution >= 0.6 is 46.6 Å². The first-order chi connectivity index (χ1) is 16.2. The summed E-state index contributed by atoms with van der Waals surface area (Å²) in [4.78, 5) is 41.5. The highest BCUT2D eigenvalue weighted by molar-refractivity contribution is 7.99. The number of ether oxygens (including phenoxy) is 2. The molecule has 1 fully saturated rings. The lowest BCUT2D eigenvalue weighted by atomic mass is 10.1. The Balaban J connectivity index is 1.68. The van der Waals surface area contributed by atoms with E-state index in [1.54, 1.807) is 30.3 Å². The summed E-state index contributed by atoms with van der Waals surface area (Å²) in [5.74, 6) is -0.551. The molecule has 3 rings (SSSR count). The summed E-state index contributed by atoms with van der Waals surface area (Å²) >= 11 is 19.9. The second kappa shape index (κ2) is 11.8. The Hall–Kier alpha value is -2.40. The molecule has 2 atom stereocenters. The number of amides is 2. The maximum atomic E-state index is 12.7. The van der Waals surface area contributed by atoms with E-state index in [1.807, 2.05) is 0 Å². The highest BCUT2D eigenvalue weighted by Crippen LogP contribution is 2.28. The average Bonchev–Trinajstić information content (AvgIpc) is 3.29. The van der Waals surface area contributed by atoms with Crippen molar-refractivity contribution >= 4 is 64.5 Å². The zero-order valence-corrected chi connectivity index (χ0v) is 20.9. The highest BCUT2D eigenvalue weighted by Gasteiger charge is 2.36. The first-order valence-corrected chi connectivity index (χ1v) is 12.2. The topological polar surface area (TPSA) is 118 Å². The fourth-order valence-electron chi connectivity index (χ4n) is 3.16. The number of methoxy groups -OCH3 is 1. The Morgan fingerprint density at radius 3 is 2.56 bits per heavy atom. The highest BCUT2D eigenvalue weighted by atomic mass is 35.5. The number of carbonyl (C=O) groups is 3. The van der Waals surface area contributed by atoms with E-state index in [2.05, 4.69) is 10.3 Å². The minimum absolute atomic E-state index is 0.0261. The van der Waals surface area contributed by atoms with Crippen LogP contribution in [0.1, 0.15) is 11.3 Å². The third-order valence-corrected chi connectivity index (χ3v) is 6.94. The first-order valence-electron chi connectivity index (χ1n) is 9.88. The molecule has 2 amide bonds. The molecule has 9 nitrogen and oxygen atoms in total. The van der Waals surface area contributed by atoms with Gasteiger partial charge in [0.15, 0.2) is 10.9 Å². The molecule has 1 aliphatic heterocycles. The third-order valence-electron chi connectivity index (χ3n) is 4.95. The molecule has 2 N–H and O–H groups in total. The smallest absolute Gasteiger partial charge is 0.408 e. The molecule has 182 valence electrons. The molecule has 0 bridgehead atoms. The predicted octanol–water partition coefficient (Wildman–Crippen LogP) is 3.87. The summed E-state index contributed by atoms with van der Waals surface area (Å²) < 4.78 is 10.5. The van der Waals surface area contributed by atoms with E-state index in [1.165, 1.54) is 18.9 Å². The number of hydrogen-bond donors (Lipinski definition) is 2. The zero-order chi connectivity index (χ0) is 24.8. The van der Waals surface area contributed by atoms with Crippen molar-refractivity contribution in [3.05, 3.63) is 56.8 Å². The van der Waals surface area contributed by atoms with Crippen molar-refractivity contribution in [1.82, 2.24) is 15.2 Å². The average molecular weight is 549 g/mol. The van der Waals surface area contributed by atoms with Gasteiger partial charge in [-0.25, -0.2) is 14.6 Å². The van der Waals surface area contributed by atoms with Gasteiger partial charge in [-0.3, -0.25) is 9.69 Å². The van der Waals surface area contributed by atoms with Gasteiger partial charge in [0, 0.05) is 33.5 Å². The Kier molecular flexibility index (Phi) is 9.12. The van der Waals surface area contributed by atoms with Gasteiger partial charge in [-0.05, 0) is 24.3 Å². The number of rotatable bonds is 8. The minimum Gasteiger partial charge on any atom is -0.486 e. The molecule has 1 aliphatic rings. The van der Waals surface area contributed by atoms with Crippen LogP contribution in [0.2, 0.25) is 15.2 Å². The van der Waals surface area contributed by atoms with Crippen LogP contribution in [-0.2, 0) is 27.4 Å². The maximum Gasteiger partial charge on any atom is 0.408 e. The lowest BCUT2D eigenvalue weighted by Gasteiger charge is -2.23. The van der Waals surface area contributed by atoms with E-state index >= 15 is 0 Å². The van der Waals surface area contributed by atoms with Crippen molar-refractivity contribution in [2.45, 2.75) is 25.1 Å². The van der Waals surface area contributed by atoms with Gasteiger partial charge < -0.3 is 19.9 Å². The van der Waals surface area contributed by atoms with Crippen LogP contribution in [-0.4, -0.2) is 63.8 Å². The maximum absolute atomic E-state index is 12.7. The van der Waals surface area contributed by atoms with Gasteiger partial charge in [-0.15, -0.1) is 11.8 Å². The number of benzene rings is 1. The Morgan fingerprint density at radius 1 is 1.24 bits per heavy atom. The molecule has 1 saturated heterocycles. The quantitative estimate of drug-likeness (QED) is 0.377. The summed E-state index contributed by atoms with van der Waals surface area (Å²) in [5.41, 5.74) is 0.986. The van der Waals surface area contributed by atoms with E-state index in [-0.39, 0.29) is 35.6 Å². The summed E-state index contributed by atoms with van der Waals surface area (Å²) in [5, 5.41) is 12.8. The summed E-state index contributed by atoms with van der Waals surface area (Å²) in [7, 11) is 1.19. The number of nitrogens with zero attached hydrogens (tertiary/aromatic N) is 2. The lowest BCUT2D eigenvalue weighted by molar-refractivity contribution is -0.145. The molecule has 2 heterocycles. The molecule has 1 aromatic carbocycles. The molecule has 0 spiro atoms. The zero-order valence-electron chi connectivity index (χ0n) is 17.8. The largest absolute Gasteiger partial charge is 0.486 e. The van der Waals surface area contributed by atoms with E-state index in [4.69, 9.17) is 44.3 Å². The van der Waals surface area contributed by atoms with Crippen LogP contribution in [0.25, 0.3) is 0 Å². The molecular weight excluding hydrogens is 529 g/mol. The molecule has 0 saturated carbocycles. The van der Waals surface area contributed by atoms with E-state index < -0.39 is 30.1 Å². The number of carbonyl (C=O) groups excluding carboxylic acids is 2. The number of hydrogen-bond acceptors (Lipinski definition) is 7. The van der Waals surface area contributed by atoms with Crippen LogP contribution in [0.5, 0.6) is 5.75 Å². The lowest BCUT2D eigenvalue weighted by Crippen LogP contribution is -2.52. The number of halogens is 3. The third kappa shape index (κ3) is 6.38. The fourth-order valence-corrected chi connectivity index (χ4v) is 5.04. The van der Waals surface area contributed by atoms with Gasteiger partial charge in [0.05, 0.1) is 13.0 Å². The first kappa shape index (κ1) is 26.2. The second-order valence-corrected chi connectivity index (χ2v) is 9.31. The van der Waals surface area contributed by atoms with Gasteiger partial charge in [0.25, 0.3) is 0 Å². The SMILES string of the molecule is COC(=O)C(Cc1ccc(OCc2c(Cl)cccc2Cl)c(Cl)n1)NC(=O)C1CSCN1C(=O)O. The number of esters is 1. The number of nitrogens with one attached hydrogen (secondary N) is 1. The molecule has 2 unspecified atom stereocenters. The molecular formula is C21H20Cl3N3O6S. The van der Waals surface area contributed by atoms with Crippen molar-refractivity contribution in [2.24, 2.45) is 0 Å². The predicted molar refractivity (Wildman–Crippen MR) is 129 cm³/mol. The normalized spacial score (nSPS) is 16.1. The standard InChI is InChI=1S/C21H20Cl3N3O6S/c1-32-20(29)15(26-19(28)16-9-34-10-27(16)21(30)31)7-11-5-6-17(18(24)25-11)33-8-12-13(22)3-2-4-14(12)23/h2-6,15-16H,7-10H2,1H3,(H,26,28)(H,30,31). The van der Waals surface area contributed by atoms with Crippen molar-refractivity contribution in [2.75, 3.05) is 18.7 Å². The van der Waals surface area contributed by atoms with Crippen molar-refractivity contribution in [3.8, 4) is 5.75 Å². The van der Waals surface area contributed by atoms with E-state index in [0.29, 0.717) is 21.3 Å². The van der Waals surface area contributed by atoms with E-state index in [0.717, 1.165) is 4.90 Å². The number of thioether (sulfide) groups is 1. The van der Waals surface area contributed by atoms with Crippen molar-refractivity contribution in [1.29, 1.82) is 0 Å². The summed E-state index contributed by atoms with van der Waals surface area (Å²) in [6, 6.07) is 6.28. The number of pyridine rings is 1. The molecule has 2 aromatic rings. The minimum atomic E-state index is -1.21. The Morgan fingerprint density at radius 2 is 1.94 bits per heavy atom. The van der Waals surface area contributed by atoms with E-state index in [9.17, 15) is 19.5 Å². The number of carboxylic acid groups (broad SMARTS) is 1. The van der Waals surface area contributed by atoms with Gasteiger partial charge in [0.2, 0.25) is 5.91 Å². The summed E-state index contributed by atoms with van der Waals surface area (Å²) in [6.45, 7) is 0.0690. The van der Waals surface area contributed by atoms with Crippen LogP contribution in [0.4, 0.5) is 4.79 Å². The van der Waals surface area contributed by atoms with Gasteiger partial charge >= 0.3 is 12.1 Å². The summed E-state index contributed by atoms with van der Waals surface area (Å²) in [6.07, 6.45) is -1.23. The monoisotopic (exact) mass is 547 g/mol. The Labute approximate surface area is 214 Å². The van der Waals surface area contributed by atoms with Gasteiger partial charge in [-0.2, -0.15) is 0 Å². The molecule has 13 heteroatoms. The van der Waals surface area contributed by atoms with Crippen LogP contribution in [0, 0.1) is 0 Å².